The van der Waals surface area contributed by atoms with Crippen molar-refractivity contribution in [3.8, 4) is 5.75 Å². The summed E-state index contributed by atoms with van der Waals surface area (Å²) in [7, 11) is 2.84. The van der Waals surface area contributed by atoms with Crippen LogP contribution in [-0.2, 0) is 43.1 Å². The van der Waals surface area contributed by atoms with Crippen LogP contribution in [0.1, 0.15) is 39.9 Å². The Hall–Kier alpha value is -3.20. The van der Waals surface area contributed by atoms with E-state index in [1.54, 1.807) is 0 Å². The Morgan fingerprint density at radius 1 is 1.22 bits per heavy atom. The third kappa shape index (κ3) is 4.39. The number of benzene rings is 1. The first-order valence-corrected chi connectivity index (χ1v) is 13.2. The molecule has 3 fully saturated rings. The SMILES string of the molecule is CN(C)[C@@H]1C(=O)C(C(N)=O)C(=O)[C@@]2(O)C(=O)C3C(=O)c4c(O)cc(CN[C@@H]5CCOC5)c(C(F)(F)F)c4C[C@H]3C[C@@H]12. The Balaban J connectivity index is 1.61. The van der Waals surface area contributed by atoms with Gasteiger partial charge in [0, 0.05) is 25.1 Å². The third-order valence-electron chi connectivity index (χ3n) is 8.94. The predicted octanol–water partition coefficient (Wildman–Crippen LogP) is -0.236. The quantitative estimate of drug-likeness (QED) is 0.340. The molecule has 3 aliphatic carbocycles. The number of phenolic OH excluding ortho intramolecular Hbond substituents is 1. The van der Waals surface area contributed by atoms with Crippen LogP contribution in [-0.4, -0.2) is 89.1 Å². The molecule has 1 heterocycles. The number of ether oxygens (including phenoxy) is 1. The zero-order valence-corrected chi connectivity index (χ0v) is 22.3. The topological polar surface area (TPSA) is 176 Å². The Labute approximate surface area is 232 Å². The Bertz CT molecular complexity index is 1360. The molecule has 1 amide bonds. The van der Waals surface area contributed by atoms with Crippen LogP contribution in [0.25, 0.3) is 0 Å². The van der Waals surface area contributed by atoms with Crippen molar-refractivity contribution >= 4 is 29.0 Å². The lowest BCUT2D eigenvalue weighted by atomic mass is 9.52. The number of ketones is 4. The van der Waals surface area contributed by atoms with E-state index in [9.17, 15) is 47.4 Å². The molecule has 1 saturated heterocycles. The lowest BCUT2D eigenvalue weighted by Crippen LogP contribution is -2.74. The summed E-state index contributed by atoms with van der Waals surface area (Å²) in [6, 6.07) is -0.706. The van der Waals surface area contributed by atoms with Crippen molar-refractivity contribution in [2.75, 3.05) is 27.3 Å². The Morgan fingerprint density at radius 3 is 2.46 bits per heavy atom. The Morgan fingerprint density at radius 2 is 1.90 bits per heavy atom. The van der Waals surface area contributed by atoms with Crippen LogP contribution >= 0.6 is 0 Å². The average molecular weight is 582 g/mol. The number of primary amides is 1. The Kier molecular flexibility index (Phi) is 7.12. The summed E-state index contributed by atoms with van der Waals surface area (Å²) in [6.07, 6.45) is -5.16. The summed E-state index contributed by atoms with van der Waals surface area (Å²) in [5, 5.41) is 25.3. The van der Waals surface area contributed by atoms with E-state index in [4.69, 9.17) is 10.5 Å². The van der Waals surface area contributed by atoms with Gasteiger partial charge in [-0.1, -0.05) is 0 Å². The number of phenols is 1. The molecule has 222 valence electrons. The van der Waals surface area contributed by atoms with Crippen molar-refractivity contribution in [1.82, 2.24) is 10.2 Å². The highest BCUT2D eigenvalue weighted by molar-refractivity contribution is 6.32. The fourth-order valence-corrected chi connectivity index (χ4v) is 7.19. The van der Waals surface area contributed by atoms with Crippen LogP contribution in [0.3, 0.4) is 0 Å². The minimum Gasteiger partial charge on any atom is -0.507 e. The van der Waals surface area contributed by atoms with E-state index < -0.39 is 99.4 Å². The minimum absolute atomic E-state index is 0.192. The number of Topliss-reactive ketones (excluding diaryl/α,β-unsaturated/α-hetero) is 4. The average Bonchev–Trinajstić information content (AvgIpc) is 3.37. The molecule has 0 aromatic heterocycles. The lowest BCUT2D eigenvalue weighted by molar-refractivity contribution is -0.181. The van der Waals surface area contributed by atoms with E-state index in [1.165, 1.54) is 19.0 Å². The number of amides is 1. The molecule has 7 atom stereocenters. The number of rotatable bonds is 5. The normalized spacial score (nSPS) is 33.5. The molecule has 2 unspecified atom stereocenters. The van der Waals surface area contributed by atoms with Gasteiger partial charge in [0.25, 0.3) is 0 Å². The van der Waals surface area contributed by atoms with E-state index in [2.05, 4.69) is 5.32 Å². The van der Waals surface area contributed by atoms with Crippen molar-refractivity contribution in [3.63, 3.8) is 0 Å². The van der Waals surface area contributed by atoms with Gasteiger partial charge >= 0.3 is 6.18 Å². The van der Waals surface area contributed by atoms with Gasteiger partial charge in [0.15, 0.2) is 34.7 Å². The number of fused-ring (bicyclic) bond motifs is 3. The molecular formula is C27H30F3N3O8. The van der Waals surface area contributed by atoms with Crippen LogP contribution < -0.4 is 11.1 Å². The number of hydrogen-bond donors (Lipinski definition) is 4. The van der Waals surface area contributed by atoms with Crippen molar-refractivity contribution in [1.29, 1.82) is 0 Å². The van der Waals surface area contributed by atoms with Gasteiger partial charge in [-0.05, 0) is 56.5 Å². The first kappa shape index (κ1) is 29.3. The zero-order chi connectivity index (χ0) is 30.2. The molecule has 1 aromatic rings. The van der Waals surface area contributed by atoms with Gasteiger partial charge in [-0.3, -0.25) is 28.9 Å². The van der Waals surface area contributed by atoms with E-state index in [1.807, 2.05) is 0 Å². The number of carbonyl (C=O) groups excluding carboxylic acids is 5. The highest BCUT2D eigenvalue weighted by Crippen LogP contribution is 2.52. The van der Waals surface area contributed by atoms with Gasteiger partial charge in [-0.25, -0.2) is 0 Å². The van der Waals surface area contributed by atoms with Gasteiger partial charge in [0.2, 0.25) is 5.91 Å². The molecule has 4 aliphatic rings. The maximum absolute atomic E-state index is 14.5. The number of aliphatic hydroxyl groups is 1. The second-order valence-electron chi connectivity index (χ2n) is 11.5. The minimum atomic E-state index is -4.93. The summed E-state index contributed by atoms with van der Waals surface area (Å²) >= 11 is 0. The number of alkyl halides is 3. The maximum atomic E-state index is 14.5. The van der Waals surface area contributed by atoms with Crippen LogP contribution in [0.15, 0.2) is 6.07 Å². The van der Waals surface area contributed by atoms with Crippen LogP contribution in [0, 0.1) is 23.7 Å². The van der Waals surface area contributed by atoms with Crippen molar-refractivity contribution in [3.05, 3.63) is 28.3 Å². The molecule has 0 spiro atoms. The maximum Gasteiger partial charge on any atom is 0.417 e. The first-order chi connectivity index (χ1) is 19.1. The number of aromatic hydroxyl groups is 1. The molecule has 2 saturated carbocycles. The van der Waals surface area contributed by atoms with Crippen LogP contribution in [0.2, 0.25) is 0 Å². The standard InChI is InChI=1S/C27H30F3N3O8/c1-33(2)20-14-6-10-5-13-17(15(34)7-11(19(13)27(28,29)30)8-32-12-3-4-41-9-12)21(35)16(10)23(37)26(14,40)24(38)18(22(20)36)25(31)39/h7,10,12,14,16,18,20,32,34,40H,3-6,8-9H2,1-2H3,(H2,31,39)/t10-,12+,14-,16?,18?,20-,26-/m0/s1. The van der Waals surface area contributed by atoms with Crippen molar-refractivity contribution in [2.24, 2.45) is 29.4 Å². The number of nitrogens with zero attached hydrogens (tertiary/aromatic N) is 1. The molecule has 0 radical (unpaired) electrons. The molecule has 11 nitrogen and oxygen atoms in total. The second kappa shape index (κ2) is 9.96. The number of carbonyl (C=O) groups is 5. The smallest absolute Gasteiger partial charge is 0.417 e. The predicted molar refractivity (Wildman–Crippen MR) is 132 cm³/mol. The fraction of sp³-hybridized carbons (Fsp3) is 0.593. The van der Waals surface area contributed by atoms with Gasteiger partial charge in [-0.2, -0.15) is 13.2 Å². The number of likely N-dealkylation sites (N-methyl/N-ethyl adjacent to an activating group) is 1. The first-order valence-electron chi connectivity index (χ1n) is 13.2. The molecule has 41 heavy (non-hydrogen) atoms. The number of nitrogens with one attached hydrogen (secondary N) is 1. The molecular weight excluding hydrogens is 551 g/mol. The van der Waals surface area contributed by atoms with E-state index in [-0.39, 0.29) is 24.6 Å². The van der Waals surface area contributed by atoms with Crippen molar-refractivity contribution in [2.45, 2.75) is 49.7 Å². The van der Waals surface area contributed by atoms with Gasteiger partial charge < -0.3 is 26.0 Å². The summed E-state index contributed by atoms with van der Waals surface area (Å²) in [6.45, 7) is 0.499. The van der Waals surface area contributed by atoms with Gasteiger partial charge in [-0.15, -0.1) is 0 Å². The van der Waals surface area contributed by atoms with Gasteiger partial charge in [0.1, 0.15) is 5.75 Å². The monoisotopic (exact) mass is 581 g/mol. The van der Waals surface area contributed by atoms with Gasteiger partial charge in [0.05, 0.1) is 29.7 Å². The molecule has 5 rings (SSSR count). The number of nitrogens with two attached hydrogens (primary N) is 1. The number of hydrogen-bond acceptors (Lipinski definition) is 10. The molecule has 14 heteroatoms. The molecule has 1 aromatic carbocycles. The highest BCUT2D eigenvalue weighted by Gasteiger charge is 2.69. The fourth-order valence-electron chi connectivity index (χ4n) is 7.19. The van der Waals surface area contributed by atoms with Crippen LogP contribution in [0.4, 0.5) is 13.2 Å². The third-order valence-corrected chi connectivity index (χ3v) is 8.94. The summed E-state index contributed by atoms with van der Waals surface area (Å²) in [5.74, 6) is -13.5. The van der Waals surface area contributed by atoms with Crippen LogP contribution in [0.5, 0.6) is 5.75 Å². The van der Waals surface area contributed by atoms with E-state index in [0.717, 1.165) is 6.07 Å². The highest BCUT2D eigenvalue weighted by atomic mass is 19.4. The largest absolute Gasteiger partial charge is 0.507 e. The summed E-state index contributed by atoms with van der Waals surface area (Å²) in [4.78, 5) is 67.3. The zero-order valence-electron chi connectivity index (χ0n) is 22.3. The molecule has 0 bridgehead atoms. The second-order valence-corrected chi connectivity index (χ2v) is 11.5. The van der Waals surface area contributed by atoms with E-state index in [0.29, 0.717) is 19.6 Å². The molecule has 1 aliphatic heterocycles. The lowest BCUT2D eigenvalue weighted by Gasteiger charge is -2.52. The number of halogens is 3. The van der Waals surface area contributed by atoms with Crippen molar-refractivity contribution < 1.29 is 52.1 Å². The van der Waals surface area contributed by atoms with E-state index >= 15 is 0 Å². The molecule has 5 N–H and O–H groups in total. The summed E-state index contributed by atoms with van der Waals surface area (Å²) < 4.78 is 48.8. The summed E-state index contributed by atoms with van der Waals surface area (Å²) in [5.41, 5.74) is -0.249.